The van der Waals surface area contributed by atoms with E-state index in [9.17, 15) is 20.0 Å². The number of carbonyl (C=O) groups excluding carboxylic acids is 1. The van der Waals surface area contributed by atoms with Gasteiger partial charge in [0.05, 0.1) is 21.7 Å². The van der Waals surface area contributed by atoms with Crippen LogP contribution in [0.25, 0.3) is 0 Å². The van der Waals surface area contributed by atoms with E-state index in [-0.39, 0.29) is 27.6 Å². The highest BCUT2D eigenvalue weighted by atomic mass is 35.5. The number of nitrogens with zero attached hydrogens (tertiary/aromatic N) is 2. The van der Waals surface area contributed by atoms with Crippen molar-refractivity contribution in [1.29, 1.82) is 0 Å². The highest BCUT2D eigenvalue weighted by Crippen LogP contribution is 2.22. The van der Waals surface area contributed by atoms with Crippen molar-refractivity contribution in [1.82, 2.24) is 5.43 Å². The molecule has 23 heavy (non-hydrogen) atoms. The van der Waals surface area contributed by atoms with Crippen molar-refractivity contribution in [3.63, 3.8) is 0 Å². The third-order valence-corrected chi connectivity index (χ3v) is 3.32. The van der Waals surface area contributed by atoms with Gasteiger partial charge < -0.3 is 5.11 Å². The molecule has 0 fully saturated rings. The Hall–Kier alpha value is -2.64. The van der Waals surface area contributed by atoms with Gasteiger partial charge in [-0.3, -0.25) is 14.9 Å². The van der Waals surface area contributed by atoms with E-state index < -0.39 is 10.8 Å². The van der Waals surface area contributed by atoms with E-state index in [0.717, 1.165) is 24.4 Å². The number of phenols is 1. The summed E-state index contributed by atoms with van der Waals surface area (Å²) in [5.74, 6) is -0.800. The zero-order chi connectivity index (χ0) is 17.0. The van der Waals surface area contributed by atoms with Crippen LogP contribution < -0.4 is 5.43 Å². The Morgan fingerprint density at radius 3 is 2.65 bits per heavy atom. The van der Waals surface area contributed by atoms with Gasteiger partial charge in [0.1, 0.15) is 5.75 Å². The molecule has 0 spiro atoms. The predicted octanol–water partition coefficient (Wildman–Crippen LogP) is 3.37. The summed E-state index contributed by atoms with van der Waals surface area (Å²) >= 11 is 11.6. The van der Waals surface area contributed by atoms with Crippen LogP contribution in [0.5, 0.6) is 5.75 Å². The van der Waals surface area contributed by atoms with E-state index in [2.05, 4.69) is 10.5 Å². The number of hydrogen-bond acceptors (Lipinski definition) is 5. The summed E-state index contributed by atoms with van der Waals surface area (Å²) in [5, 5.41) is 24.5. The molecule has 118 valence electrons. The molecule has 0 heterocycles. The van der Waals surface area contributed by atoms with Crippen molar-refractivity contribution >= 4 is 41.0 Å². The van der Waals surface area contributed by atoms with Crippen molar-refractivity contribution in [2.45, 2.75) is 0 Å². The van der Waals surface area contributed by atoms with Crippen LogP contribution in [0, 0.1) is 10.1 Å². The summed E-state index contributed by atoms with van der Waals surface area (Å²) in [6.07, 6.45) is 1.09. The molecule has 2 rings (SSSR count). The van der Waals surface area contributed by atoms with Gasteiger partial charge in [0.15, 0.2) is 0 Å². The van der Waals surface area contributed by atoms with Crippen molar-refractivity contribution in [2.75, 3.05) is 0 Å². The van der Waals surface area contributed by atoms with Crippen LogP contribution in [-0.2, 0) is 0 Å². The first-order chi connectivity index (χ1) is 10.9. The summed E-state index contributed by atoms with van der Waals surface area (Å²) in [4.78, 5) is 22.0. The first-order valence-corrected chi connectivity index (χ1v) is 6.90. The molecule has 0 radical (unpaired) electrons. The summed E-state index contributed by atoms with van der Waals surface area (Å²) in [6, 6.07) is 7.78. The van der Waals surface area contributed by atoms with Gasteiger partial charge in [0.25, 0.3) is 11.6 Å². The number of amides is 1. The van der Waals surface area contributed by atoms with Gasteiger partial charge in [-0.05, 0) is 24.3 Å². The zero-order valence-electron chi connectivity index (χ0n) is 11.4. The van der Waals surface area contributed by atoms with Gasteiger partial charge in [0, 0.05) is 22.7 Å². The van der Waals surface area contributed by atoms with Crippen molar-refractivity contribution in [3.05, 3.63) is 67.7 Å². The lowest BCUT2D eigenvalue weighted by molar-refractivity contribution is -0.384. The Morgan fingerprint density at radius 2 is 2.00 bits per heavy atom. The Labute approximate surface area is 140 Å². The van der Waals surface area contributed by atoms with Crippen molar-refractivity contribution < 1.29 is 14.8 Å². The summed E-state index contributed by atoms with van der Waals surface area (Å²) < 4.78 is 0. The van der Waals surface area contributed by atoms with Crippen LogP contribution in [0.1, 0.15) is 15.9 Å². The SMILES string of the molecule is O=C(N/N=C/c1cc([N+](=O)[O-])ccc1O)c1ccc(Cl)cc1Cl. The van der Waals surface area contributed by atoms with E-state index in [4.69, 9.17) is 23.2 Å². The second-order valence-electron chi connectivity index (χ2n) is 4.32. The molecule has 2 aromatic carbocycles. The predicted molar refractivity (Wildman–Crippen MR) is 86.3 cm³/mol. The van der Waals surface area contributed by atoms with Crippen LogP contribution in [0.3, 0.4) is 0 Å². The summed E-state index contributed by atoms with van der Waals surface area (Å²) in [7, 11) is 0. The minimum absolute atomic E-state index is 0.0849. The van der Waals surface area contributed by atoms with Gasteiger partial charge >= 0.3 is 0 Å². The molecule has 0 saturated heterocycles. The molecule has 0 aliphatic rings. The lowest BCUT2D eigenvalue weighted by Gasteiger charge is -2.03. The van der Waals surface area contributed by atoms with Crippen LogP contribution in [-0.4, -0.2) is 22.2 Å². The minimum Gasteiger partial charge on any atom is -0.507 e. The van der Waals surface area contributed by atoms with Crippen LogP contribution >= 0.6 is 23.2 Å². The lowest BCUT2D eigenvalue weighted by Crippen LogP contribution is -2.18. The molecule has 0 bridgehead atoms. The average molecular weight is 354 g/mol. The van der Waals surface area contributed by atoms with Crippen molar-refractivity contribution in [2.24, 2.45) is 5.10 Å². The molecular weight excluding hydrogens is 345 g/mol. The fraction of sp³-hybridized carbons (Fsp3) is 0. The van der Waals surface area contributed by atoms with E-state index in [1.807, 2.05) is 0 Å². The van der Waals surface area contributed by atoms with Gasteiger partial charge in [-0.1, -0.05) is 23.2 Å². The number of non-ortho nitro benzene ring substituents is 1. The van der Waals surface area contributed by atoms with Crippen LogP contribution in [0.15, 0.2) is 41.5 Å². The normalized spacial score (nSPS) is 10.7. The minimum atomic E-state index is -0.608. The second kappa shape index (κ2) is 7.08. The van der Waals surface area contributed by atoms with E-state index in [0.29, 0.717) is 5.02 Å². The molecule has 0 saturated carbocycles. The molecule has 0 aromatic heterocycles. The Morgan fingerprint density at radius 1 is 1.26 bits per heavy atom. The topological polar surface area (TPSA) is 105 Å². The maximum absolute atomic E-state index is 11.9. The lowest BCUT2D eigenvalue weighted by atomic mass is 10.2. The number of aromatic hydroxyl groups is 1. The number of halogens is 2. The fourth-order valence-electron chi connectivity index (χ4n) is 1.65. The molecule has 0 aliphatic carbocycles. The summed E-state index contributed by atoms with van der Waals surface area (Å²) in [5.41, 5.74) is 2.24. The van der Waals surface area contributed by atoms with E-state index in [1.165, 1.54) is 18.2 Å². The van der Waals surface area contributed by atoms with E-state index in [1.54, 1.807) is 0 Å². The molecule has 9 heteroatoms. The van der Waals surface area contributed by atoms with Gasteiger partial charge in [-0.15, -0.1) is 0 Å². The number of hydrogen-bond donors (Lipinski definition) is 2. The van der Waals surface area contributed by atoms with Crippen molar-refractivity contribution in [3.8, 4) is 5.75 Å². The molecule has 2 N–H and O–H groups in total. The molecule has 0 unspecified atom stereocenters. The van der Waals surface area contributed by atoms with E-state index >= 15 is 0 Å². The second-order valence-corrected chi connectivity index (χ2v) is 5.17. The Balaban J connectivity index is 2.14. The fourth-order valence-corrected chi connectivity index (χ4v) is 2.15. The highest BCUT2D eigenvalue weighted by molar-refractivity contribution is 6.36. The Kier molecular flexibility index (Phi) is 5.15. The number of carbonyl (C=O) groups is 1. The first-order valence-electron chi connectivity index (χ1n) is 6.14. The number of rotatable bonds is 4. The van der Waals surface area contributed by atoms with Crippen LogP contribution in [0.2, 0.25) is 10.0 Å². The van der Waals surface area contributed by atoms with Gasteiger partial charge in [0.2, 0.25) is 0 Å². The Bertz CT molecular complexity index is 809. The highest BCUT2D eigenvalue weighted by Gasteiger charge is 2.11. The average Bonchev–Trinajstić information content (AvgIpc) is 2.48. The monoisotopic (exact) mass is 353 g/mol. The largest absolute Gasteiger partial charge is 0.507 e. The molecule has 7 nitrogen and oxygen atoms in total. The number of benzene rings is 2. The number of nitrogens with one attached hydrogen (secondary N) is 1. The maximum Gasteiger partial charge on any atom is 0.272 e. The zero-order valence-corrected chi connectivity index (χ0v) is 12.9. The number of hydrazone groups is 1. The smallest absolute Gasteiger partial charge is 0.272 e. The molecular formula is C14H9Cl2N3O4. The quantitative estimate of drug-likeness (QED) is 0.499. The molecule has 0 aliphatic heterocycles. The number of nitro benzene ring substituents is 1. The number of phenolic OH excluding ortho intramolecular Hbond substituents is 1. The third-order valence-electron chi connectivity index (χ3n) is 2.77. The summed E-state index contributed by atoms with van der Waals surface area (Å²) in [6.45, 7) is 0. The third kappa shape index (κ3) is 4.18. The molecule has 0 atom stereocenters. The van der Waals surface area contributed by atoms with Crippen LogP contribution in [0.4, 0.5) is 5.69 Å². The van der Waals surface area contributed by atoms with Gasteiger partial charge in [-0.25, -0.2) is 5.43 Å². The maximum atomic E-state index is 11.9. The first kappa shape index (κ1) is 16.7. The molecule has 2 aromatic rings. The van der Waals surface area contributed by atoms with Gasteiger partial charge in [-0.2, -0.15) is 5.10 Å². The molecule has 1 amide bonds. The standard InChI is InChI=1S/C14H9Cl2N3O4/c15-9-1-3-11(12(16)6-9)14(21)18-17-7-8-5-10(19(22)23)2-4-13(8)20/h1-7,20H,(H,18,21)/b17-7+. The number of nitro groups is 1.